The highest BCUT2D eigenvalue weighted by atomic mass is 19.2. The number of benzene rings is 1. The van der Waals surface area contributed by atoms with Crippen LogP contribution in [0, 0.1) is 5.82 Å². The van der Waals surface area contributed by atoms with Crippen LogP contribution < -0.4 is 15.8 Å². The van der Waals surface area contributed by atoms with Crippen LogP contribution in [0.5, 0.6) is 5.75 Å². The van der Waals surface area contributed by atoms with E-state index in [0.29, 0.717) is 5.75 Å². The Balaban J connectivity index is 1.92. The van der Waals surface area contributed by atoms with E-state index < -0.39 is 41.4 Å². The second-order valence-electron chi connectivity index (χ2n) is 7.25. The number of amidine groups is 1. The molecule has 0 aliphatic carbocycles. The molecule has 1 aliphatic rings. The van der Waals surface area contributed by atoms with Gasteiger partial charge in [0, 0.05) is 17.7 Å². The minimum atomic E-state index is -2.11. The number of hydrogen-bond donors (Lipinski definition) is 2. The number of nitrogens with one attached hydrogen (secondary N) is 1. The molecule has 0 radical (unpaired) electrons. The number of alkyl halides is 2. The number of nitrogens with two attached hydrogens (primary N) is 1. The minimum Gasteiger partial charge on any atom is -0.495 e. The Morgan fingerprint density at radius 3 is 2.66 bits per heavy atom. The van der Waals surface area contributed by atoms with Crippen LogP contribution in [0.15, 0.2) is 41.5 Å². The van der Waals surface area contributed by atoms with Crippen LogP contribution in [-0.2, 0) is 5.54 Å². The molecule has 0 fully saturated rings. The average Bonchev–Trinajstić information content (AvgIpc) is 2.67. The summed E-state index contributed by atoms with van der Waals surface area (Å²) in [4.78, 5) is 20.3. The molecule has 0 saturated heterocycles. The maximum absolute atomic E-state index is 14.8. The molecule has 29 heavy (non-hydrogen) atoms. The van der Waals surface area contributed by atoms with E-state index in [1.54, 1.807) is 6.07 Å². The van der Waals surface area contributed by atoms with Gasteiger partial charge < -0.3 is 15.8 Å². The first-order valence-corrected chi connectivity index (χ1v) is 8.87. The molecule has 1 amide bonds. The number of methoxy groups -OCH3 is 1. The Morgan fingerprint density at radius 1 is 1.31 bits per heavy atom. The number of rotatable bonds is 4. The highest BCUT2D eigenvalue weighted by Crippen LogP contribution is 2.42. The quantitative estimate of drug-likeness (QED) is 0.813. The van der Waals surface area contributed by atoms with Crippen molar-refractivity contribution in [3.05, 3.63) is 53.6 Å². The van der Waals surface area contributed by atoms with Crippen molar-refractivity contribution in [3.63, 3.8) is 0 Å². The van der Waals surface area contributed by atoms with E-state index in [2.05, 4.69) is 15.3 Å². The average molecular weight is 406 g/mol. The maximum atomic E-state index is 14.8. The Hall–Kier alpha value is -3.10. The molecule has 3 N–H and O–H groups in total. The third-order valence-electron chi connectivity index (χ3n) is 5.03. The number of aliphatic imine (C=N–C) groups is 1. The Kier molecular flexibility index (Phi) is 5.25. The number of anilines is 1. The number of hydrogen-bond acceptors (Lipinski definition) is 5. The molecular formula is C20H21F3N4O2. The molecule has 1 aliphatic heterocycles. The number of ether oxygens (including phenoxy) is 1. The zero-order valence-corrected chi connectivity index (χ0v) is 16.2. The predicted octanol–water partition coefficient (Wildman–Crippen LogP) is 3.52. The molecule has 0 saturated carbocycles. The first-order chi connectivity index (χ1) is 13.6. The zero-order chi connectivity index (χ0) is 21.4. The lowest BCUT2D eigenvalue weighted by atomic mass is 9.79. The predicted molar refractivity (Wildman–Crippen MR) is 103 cm³/mol. The van der Waals surface area contributed by atoms with Crippen LogP contribution in [0.4, 0.5) is 18.9 Å². The summed E-state index contributed by atoms with van der Waals surface area (Å²) in [5.74, 6) is -1.20. The Labute approximate surface area is 166 Å². The molecule has 0 spiro atoms. The summed E-state index contributed by atoms with van der Waals surface area (Å²) in [6.45, 7) is 2.47. The molecule has 9 heteroatoms. The fraction of sp³-hybridized carbons (Fsp3) is 0.350. The van der Waals surface area contributed by atoms with Gasteiger partial charge in [0.25, 0.3) is 5.91 Å². The van der Waals surface area contributed by atoms with Gasteiger partial charge in [0.2, 0.25) is 0 Å². The first-order valence-electron chi connectivity index (χ1n) is 8.87. The van der Waals surface area contributed by atoms with E-state index in [1.807, 2.05) is 0 Å². The van der Waals surface area contributed by atoms with Crippen molar-refractivity contribution < 1.29 is 22.7 Å². The molecule has 3 rings (SSSR count). The van der Waals surface area contributed by atoms with E-state index in [-0.39, 0.29) is 16.9 Å². The summed E-state index contributed by atoms with van der Waals surface area (Å²) in [5, 5.41) is 2.58. The Morgan fingerprint density at radius 2 is 2.03 bits per heavy atom. The topological polar surface area (TPSA) is 89.6 Å². The number of pyridine rings is 1. The standard InChI is InChI=1S/C20H21F3N4O2/c1-19(23)9-16(22)20(2,27-18(19)24)13-8-11(4-6-14(13)21)26-17(28)15-7-5-12(29-3)10-25-15/h4-8,10,16H,9H2,1-3H3,(H2,24,27)(H,26,28)/t16-,19+,20-/m1/s1. The molecule has 2 aromatic rings. The summed E-state index contributed by atoms with van der Waals surface area (Å²) >= 11 is 0. The van der Waals surface area contributed by atoms with Gasteiger partial charge in [-0.3, -0.25) is 9.79 Å². The van der Waals surface area contributed by atoms with Crippen LogP contribution in [0.1, 0.15) is 36.3 Å². The summed E-state index contributed by atoms with van der Waals surface area (Å²) < 4.78 is 48.6. The fourth-order valence-electron chi connectivity index (χ4n) is 3.13. The van der Waals surface area contributed by atoms with Gasteiger partial charge in [-0.15, -0.1) is 0 Å². The number of halogens is 3. The third kappa shape index (κ3) is 3.90. The zero-order valence-electron chi connectivity index (χ0n) is 16.2. The molecule has 2 heterocycles. The Bertz CT molecular complexity index is 963. The molecule has 0 bridgehead atoms. The van der Waals surface area contributed by atoms with Crippen LogP contribution in [-0.4, -0.2) is 35.7 Å². The highest BCUT2D eigenvalue weighted by molar-refractivity contribution is 6.03. The largest absolute Gasteiger partial charge is 0.495 e. The van der Waals surface area contributed by atoms with Crippen LogP contribution in [0.25, 0.3) is 0 Å². The van der Waals surface area contributed by atoms with Crippen molar-refractivity contribution >= 4 is 17.4 Å². The first kappa shape index (κ1) is 20.6. The molecule has 3 atom stereocenters. The normalized spacial score (nSPS) is 26.6. The summed E-state index contributed by atoms with van der Waals surface area (Å²) in [6, 6.07) is 6.71. The highest BCUT2D eigenvalue weighted by Gasteiger charge is 2.49. The fourth-order valence-corrected chi connectivity index (χ4v) is 3.13. The lowest BCUT2D eigenvalue weighted by Crippen LogP contribution is -2.51. The molecule has 154 valence electrons. The molecule has 6 nitrogen and oxygen atoms in total. The summed E-state index contributed by atoms with van der Waals surface area (Å²) in [7, 11) is 1.47. The summed E-state index contributed by atoms with van der Waals surface area (Å²) in [5.41, 5.74) is 2.00. The van der Waals surface area contributed by atoms with Gasteiger partial charge in [0.1, 0.15) is 34.8 Å². The van der Waals surface area contributed by atoms with E-state index in [4.69, 9.17) is 10.5 Å². The second-order valence-corrected chi connectivity index (χ2v) is 7.25. The SMILES string of the molecule is COc1ccc(C(=O)Nc2ccc(F)c([C@@]3(C)N=C(N)[C@@](C)(F)C[C@H]3F)c2)nc1. The van der Waals surface area contributed by atoms with E-state index >= 15 is 0 Å². The summed E-state index contributed by atoms with van der Waals surface area (Å²) in [6.07, 6.45) is -0.980. The van der Waals surface area contributed by atoms with E-state index in [0.717, 1.165) is 13.0 Å². The second kappa shape index (κ2) is 7.38. The van der Waals surface area contributed by atoms with Crippen LogP contribution in [0.3, 0.4) is 0 Å². The van der Waals surface area contributed by atoms with Gasteiger partial charge in [0.15, 0.2) is 5.67 Å². The van der Waals surface area contributed by atoms with Gasteiger partial charge in [-0.25, -0.2) is 18.2 Å². The lowest BCUT2D eigenvalue weighted by molar-refractivity contribution is 0.102. The third-order valence-corrected chi connectivity index (χ3v) is 5.03. The van der Waals surface area contributed by atoms with Crippen molar-refractivity contribution in [2.24, 2.45) is 10.7 Å². The number of aromatic nitrogens is 1. The van der Waals surface area contributed by atoms with Gasteiger partial charge in [-0.05, 0) is 44.2 Å². The van der Waals surface area contributed by atoms with Crippen LogP contribution >= 0.6 is 0 Å². The van der Waals surface area contributed by atoms with Gasteiger partial charge >= 0.3 is 0 Å². The number of carbonyl (C=O) groups is 1. The van der Waals surface area contributed by atoms with Gasteiger partial charge in [0.05, 0.1) is 13.3 Å². The number of nitrogens with zero attached hydrogens (tertiary/aromatic N) is 2. The monoisotopic (exact) mass is 406 g/mol. The molecule has 0 unspecified atom stereocenters. The molecule has 1 aromatic carbocycles. The van der Waals surface area contributed by atoms with Gasteiger partial charge in [-0.1, -0.05) is 0 Å². The molecular weight excluding hydrogens is 385 g/mol. The van der Waals surface area contributed by atoms with Crippen molar-refractivity contribution in [1.82, 2.24) is 4.98 Å². The van der Waals surface area contributed by atoms with Crippen molar-refractivity contribution in [1.29, 1.82) is 0 Å². The maximum Gasteiger partial charge on any atom is 0.274 e. The lowest BCUT2D eigenvalue weighted by Gasteiger charge is -2.38. The van der Waals surface area contributed by atoms with Gasteiger partial charge in [-0.2, -0.15) is 0 Å². The van der Waals surface area contributed by atoms with Crippen molar-refractivity contribution in [3.8, 4) is 5.75 Å². The number of carbonyl (C=O) groups excluding carboxylic acids is 1. The number of amides is 1. The van der Waals surface area contributed by atoms with Crippen LogP contribution in [0.2, 0.25) is 0 Å². The smallest absolute Gasteiger partial charge is 0.274 e. The van der Waals surface area contributed by atoms with E-state index in [1.165, 1.54) is 38.4 Å². The molecule has 1 aromatic heterocycles. The minimum absolute atomic E-state index is 0.111. The van der Waals surface area contributed by atoms with E-state index in [9.17, 15) is 18.0 Å². The van der Waals surface area contributed by atoms with Crippen molar-refractivity contribution in [2.45, 2.75) is 37.6 Å². The van der Waals surface area contributed by atoms with Crippen molar-refractivity contribution in [2.75, 3.05) is 12.4 Å².